The van der Waals surface area contributed by atoms with E-state index < -0.39 is 0 Å². The molecule has 1 saturated carbocycles. The third-order valence-corrected chi connectivity index (χ3v) is 4.64. The van der Waals surface area contributed by atoms with Crippen LogP contribution in [-0.4, -0.2) is 12.6 Å². The van der Waals surface area contributed by atoms with Gasteiger partial charge in [-0.15, -0.1) is 0 Å². The molecule has 1 unspecified atom stereocenters. The van der Waals surface area contributed by atoms with Gasteiger partial charge in [-0.3, -0.25) is 0 Å². The highest BCUT2D eigenvalue weighted by molar-refractivity contribution is 14.1. The fraction of sp³-hybridized carbons (Fsp3) is 0.625. The Hall–Kier alpha value is -0.0900. The average molecular weight is 357 g/mol. The van der Waals surface area contributed by atoms with E-state index in [1.54, 1.807) is 0 Å². The molecule has 2 heteroatoms. The standard InChI is InChI=1S/C16H24IN/c1-2-10-18-16(11-13-4-3-5-13)12-14-6-8-15(17)9-7-14/h6-9,13,16,18H,2-5,10-12H2,1H3. The summed E-state index contributed by atoms with van der Waals surface area (Å²) < 4.78 is 1.33. The third-order valence-electron chi connectivity index (χ3n) is 3.92. The van der Waals surface area contributed by atoms with Crippen molar-refractivity contribution in [2.24, 2.45) is 5.92 Å². The quantitative estimate of drug-likeness (QED) is 0.714. The zero-order chi connectivity index (χ0) is 12.8. The Bertz CT molecular complexity index is 343. The van der Waals surface area contributed by atoms with E-state index in [2.05, 4.69) is 59.1 Å². The van der Waals surface area contributed by atoms with Crippen molar-refractivity contribution >= 4 is 22.6 Å². The van der Waals surface area contributed by atoms with Crippen molar-refractivity contribution in [3.8, 4) is 0 Å². The Morgan fingerprint density at radius 3 is 2.56 bits per heavy atom. The predicted molar refractivity (Wildman–Crippen MR) is 86.9 cm³/mol. The number of halogens is 1. The number of nitrogens with one attached hydrogen (secondary N) is 1. The van der Waals surface area contributed by atoms with Gasteiger partial charge in [-0.05, 0) is 72.0 Å². The first-order valence-electron chi connectivity index (χ1n) is 7.25. The molecule has 0 aliphatic heterocycles. The summed E-state index contributed by atoms with van der Waals surface area (Å²) in [5.41, 5.74) is 1.48. The van der Waals surface area contributed by atoms with Crippen molar-refractivity contribution < 1.29 is 0 Å². The van der Waals surface area contributed by atoms with Gasteiger partial charge < -0.3 is 5.32 Å². The maximum absolute atomic E-state index is 3.73. The Morgan fingerprint density at radius 2 is 2.00 bits per heavy atom. The molecule has 0 aromatic heterocycles. The van der Waals surface area contributed by atoms with E-state index in [9.17, 15) is 0 Å². The third kappa shape index (κ3) is 4.54. The molecule has 0 saturated heterocycles. The number of rotatable bonds is 7. The van der Waals surface area contributed by atoms with Crippen LogP contribution >= 0.6 is 22.6 Å². The van der Waals surface area contributed by atoms with E-state index in [1.807, 2.05) is 0 Å². The molecule has 0 radical (unpaired) electrons. The van der Waals surface area contributed by atoms with Gasteiger partial charge in [0.05, 0.1) is 0 Å². The van der Waals surface area contributed by atoms with E-state index >= 15 is 0 Å². The highest BCUT2D eigenvalue weighted by atomic mass is 127. The Morgan fingerprint density at radius 1 is 1.28 bits per heavy atom. The topological polar surface area (TPSA) is 12.0 Å². The summed E-state index contributed by atoms with van der Waals surface area (Å²) in [7, 11) is 0. The Balaban J connectivity index is 1.88. The van der Waals surface area contributed by atoms with Crippen molar-refractivity contribution in [2.75, 3.05) is 6.54 Å². The first-order valence-corrected chi connectivity index (χ1v) is 8.33. The fourth-order valence-corrected chi connectivity index (χ4v) is 2.98. The molecule has 1 N–H and O–H groups in total. The second kappa shape index (κ2) is 7.49. The van der Waals surface area contributed by atoms with Crippen molar-refractivity contribution in [3.05, 3.63) is 33.4 Å². The largest absolute Gasteiger partial charge is 0.314 e. The molecule has 1 fully saturated rings. The molecule has 0 bridgehead atoms. The molecule has 1 aromatic rings. The minimum Gasteiger partial charge on any atom is -0.314 e. The van der Waals surface area contributed by atoms with Crippen molar-refractivity contribution in [1.82, 2.24) is 5.32 Å². The van der Waals surface area contributed by atoms with Crippen molar-refractivity contribution in [2.45, 2.75) is 51.5 Å². The van der Waals surface area contributed by atoms with E-state index in [0.29, 0.717) is 6.04 Å². The average Bonchev–Trinajstić information content (AvgIpc) is 2.33. The fourth-order valence-electron chi connectivity index (χ4n) is 2.62. The number of hydrogen-bond acceptors (Lipinski definition) is 1. The summed E-state index contributed by atoms with van der Waals surface area (Å²) in [4.78, 5) is 0. The van der Waals surface area contributed by atoms with E-state index in [-0.39, 0.29) is 0 Å². The SMILES string of the molecule is CCCNC(Cc1ccc(I)cc1)CC1CCC1. The molecular weight excluding hydrogens is 333 g/mol. The van der Waals surface area contributed by atoms with Crippen LogP contribution in [0.5, 0.6) is 0 Å². The van der Waals surface area contributed by atoms with Crippen LogP contribution in [0.4, 0.5) is 0 Å². The van der Waals surface area contributed by atoms with Gasteiger partial charge >= 0.3 is 0 Å². The van der Waals surface area contributed by atoms with E-state index in [1.165, 1.54) is 47.7 Å². The van der Waals surface area contributed by atoms with Gasteiger partial charge in [0.2, 0.25) is 0 Å². The molecular formula is C16H24IN. The summed E-state index contributed by atoms with van der Waals surface area (Å²) in [6.07, 6.45) is 8.15. The van der Waals surface area contributed by atoms with Crippen molar-refractivity contribution in [1.29, 1.82) is 0 Å². The van der Waals surface area contributed by atoms with E-state index in [0.717, 1.165) is 12.5 Å². The van der Waals surface area contributed by atoms with Crippen LogP contribution in [0.2, 0.25) is 0 Å². The van der Waals surface area contributed by atoms with Crippen LogP contribution in [0, 0.1) is 9.49 Å². The van der Waals surface area contributed by atoms with Crippen LogP contribution in [0.1, 0.15) is 44.6 Å². The minimum absolute atomic E-state index is 0.676. The Labute approximate surface area is 125 Å². The summed E-state index contributed by atoms with van der Waals surface area (Å²) in [6.45, 7) is 3.40. The van der Waals surface area contributed by atoms with E-state index in [4.69, 9.17) is 0 Å². The van der Waals surface area contributed by atoms with Crippen LogP contribution in [-0.2, 0) is 6.42 Å². The lowest BCUT2D eigenvalue weighted by atomic mass is 9.80. The summed E-state index contributed by atoms with van der Waals surface area (Å²) in [6, 6.07) is 9.67. The molecule has 2 rings (SSSR count). The highest BCUT2D eigenvalue weighted by Gasteiger charge is 2.21. The molecule has 1 aromatic carbocycles. The summed E-state index contributed by atoms with van der Waals surface area (Å²) in [5, 5.41) is 3.73. The molecule has 100 valence electrons. The first kappa shape index (κ1) is 14.3. The molecule has 1 atom stereocenters. The summed E-state index contributed by atoms with van der Waals surface area (Å²) >= 11 is 2.37. The molecule has 0 spiro atoms. The van der Waals surface area contributed by atoms with Gasteiger partial charge in [-0.1, -0.05) is 38.3 Å². The monoisotopic (exact) mass is 357 g/mol. The second-order valence-corrected chi connectivity index (χ2v) is 6.76. The molecule has 0 heterocycles. The van der Waals surface area contributed by atoms with Gasteiger partial charge in [0.1, 0.15) is 0 Å². The van der Waals surface area contributed by atoms with Crippen LogP contribution in [0.3, 0.4) is 0 Å². The van der Waals surface area contributed by atoms with Crippen LogP contribution < -0.4 is 5.32 Å². The molecule has 0 amide bonds. The highest BCUT2D eigenvalue weighted by Crippen LogP contribution is 2.31. The van der Waals surface area contributed by atoms with Crippen molar-refractivity contribution in [3.63, 3.8) is 0 Å². The second-order valence-electron chi connectivity index (χ2n) is 5.51. The minimum atomic E-state index is 0.676. The van der Waals surface area contributed by atoms with Gasteiger partial charge in [0.15, 0.2) is 0 Å². The zero-order valence-corrected chi connectivity index (χ0v) is 13.4. The predicted octanol–water partition coefficient (Wildman–Crippen LogP) is 4.39. The smallest absolute Gasteiger partial charge is 0.0130 e. The van der Waals surface area contributed by atoms with Gasteiger partial charge in [-0.25, -0.2) is 0 Å². The normalized spacial score (nSPS) is 17.4. The maximum atomic E-state index is 3.73. The zero-order valence-electron chi connectivity index (χ0n) is 11.3. The lowest BCUT2D eigenvalue weighted by Gasteiger charge is -2.30. The lowest BCUT2D eigenvalue weighted by molar-refractivity contribution is 0.259. The van der Waals surface area contributed by atoms with Gasteiger partial charge in [0, 0.05) is 9.61 Å². The van der Waals surface area contributed by atoms with Crippen LogP contribution in [0.15, 0.2) is 24.3 Å². The molecule has 1 aliphatic carbocycles. The molecule has 1 aliphatic rings. The first-order chi connectivity index (χ1) is 8.78. The van der Waals surface area contributed by atoms with Gasteiger partial charge in [0.25, 0.3) is 0 Å². The Kier molecular flexibility index (Phi) is 5.96. The number of benzene rings is 1. The van der Waals surface area contributed by atoms with Gasteiger partial charge in [-0.2, -0.15) is 0 Å². The molecule has 18 heavy (non-hydrogen) atoms. The molecule has 1 nitrogen and oxygen atoms in total. The summed E-state index contributed by atoms with van der Waals surface area (Å²) in [5.74, 6) is 0.989. The maximum Gasteiger partial charge on any atom is 0.0130 e. The lowest BCUT2D eigenvalue weighted by Crippen LogP contribution is -2.35. The van der Waals surface area contributed by atoms with Crippen LogP contribution in [0.25, 0.3) is 0 Å². The number of hydrogen-bond donors (Lipinski definition) is 1.